The molecule has 5 heteroatoms. The maximum absolute atomic E-state index is 13.1. The smallest absolute Gasteiger partial charge is 0.322 e. The van der Waals surface area contributed by atoms with Crippen LogP contribution in [0, 0.1) is 0 Å². The maximum Gasteiger partial charge on any atom is 0.322 e. The summed E-state index contributed by atoms with van der Waals surface area (Å²) in [6.45, 7) is 1.34. The van der Waals surface area contributed by atoms with Crippen molar-refractivity contribution in [3.05, 3.63) is 66.2 Å². The molecule has 1 heterocycles. The van der Waals surface area contributed by atoms with E-state index in [9.17, 15) is 9.59 Å². The van der Waals surface area contributed by atoms with Crippen molar-refractivity contribution in [1.29, 1.82) is 0 Å². The second kappa shape index (κ2) is 9.76. The van der Waals surface area contributed by atoms with Crippen molar-refractivity contribution in [1.82, 2.24) is 10.2 Å². The molecule has 0 aromatic heterocycles. The summed E-state index contributed by atoms with van der Waals surface area (Å²) in [6, 6.07) is 18.8. The molecule has 0 radical (unpaired) electrons. The SMILES string of the molecule is O=C1CC(c2ccccc2)N(C(=O)Nc2ccccc2)CCCCCCN1. The summed E-state index contributed by atoms with van der Waals surface area (Å²) >= 11 is 0. The lowest BCUT2D eigenvalue weighted by Crippen LogP contribution is -2.41. The number of nitrogens with zero attached hydrogens (tertiary/aromatic N) is 1. The molecule has 2 aromatic carbocycles. The zero-order valence-corrected chi connectivity index (χ0v) is 15.6. The highest BCUT2D eigenvalue weighted by Gasteiger charge is 2.27. The van der Waals surface area contributed by atoms with Crippen LogP contribution in [0.4, 0.5) is 10.5 Å². The third-order valence-electron chi connectivity index (χ3n) is 4.87. The molecule has 3 rings (SSSR count). The Kier molecular flexibility index (Phi) is 6.85. The minimum atomic E-state index is -0.284. The highest BCUT2D eigenvalue weighted by Crippen LogP contribution is 2.26. The van der Waals surface area contributed by atoms with Crippen molar-refractivity contribution < 1.29 is 9.59 Å². The normalized spacial score (nSPS) is 18.9. The third-order valence-corrected chi connectivity index (χ3v) is 4.87. The monoisotopic (exact) mass is 365 g/mol. The molecular formula is C22H27N3O2. The number of anilines is 1. The topological polar surface area (TPSA) is 61.4 Å². The summed E-state index contributed by atoms with van der Waals surface area (Å²) in [5.74, 6) is -0.0109. The molecule has 0 saturated carbocycles. The van der Waals surface area contributed by atoms with Gasteiger partial charge in [-0.2, -0.15) is 0 Å². The summed E-state index contributed by atoms with van der Waals surface area (Å²) in [4.78, 5) is 27.4. The lowest BCUT2D eigenvalue weighted by atomic mass is 10.0. The van der Waals surface area contributed by atoms with Crippen LogP contribution in [0.2, 0.25) is 0 Å². The molecule has 0 aliphatic carbocycles. The van der Waals surface area contributed by atoms with Gasteiger partial charge in [0.25, 0.3) is 0 Å². The van der Waals surface area contributed by atoms with Gasteiger partial charge >= 0.3 is 6.03 Å². The third kappa shape index (κ3) is 5.58. The van der Waals surface area contributed by atoms with E-state index in [0.717, 1.165) is 36.9 Å². The predicted molar refractivity (Wildman–Crippen MR) is 107 cm³/mol. The number of amides is 3. The molecule has 0 spiro atoms. The van der Waals surface area contributed by atoms with E-state index in [1.165, 1.54) is 0 Å². The first-order valence-corrected chi connectivity index (χ1v) is 9.68. The van der Waals surface area contributed by atoms with Crippen LogP contribution in [0.5, 0.6) is 0 Å². The highest BCUT2D eigenvalue weighted by atomic mass is 16.2. The van der Waals surface area contributed by atoms with Gasteiger partial charge in [-0.05, 0) is 30.5 Å². The molecular weight excluding hydrogens is 338 g/mol. The number of nitrogens with one attached hydrogen (secondary N) is 2. The van der Waals surface area contributed by atoms with Crippen LogP contribution < -0.4 is 10.6 Å². The summed E-state index contributed by atoms with van der Waals surface area (Å²) in [5, 5.41) is 5.97. The summed E-state index contributed by atoms with van der Waals surface area (Å²) < 4.78 is 0. The molecule has 27 heavy (non-hydrogen) atoms. The Labute approximate surface area is 160 Å². The number of carbonyl (C=O) groups excluding carboxylic acids is 2. The molecule has 1 atom stereocenters. The lowest BCUT2D eigenvalue weighted by molar-refractivity contribution is -0.122. The summed E-state index contributed by atoms with van der Waals surface area (Å²) in [6.07, 6.45) is 4.29. The van der Waals surface area contributed by atoms with E-state index in [-0.39, 0.29) is 24.4 Å². The number of carbonyl (C=O) groups is 2. The average Bonchev–Trinajstić information content (AvgIpc) is 2.74. The predicted octanol–water partition coefficient (Wildman–Crippen LogP) is 4.34. The molecule has 1 unspecified atom stereocenters. The van der Waals surface area contributed by atoms with Crippen molar-refractivity contribution >= 4 is 17.6 Å². The van der Waals surface area contributed by atoms with E-state index in [4.69, 9.17) is 0 Å². The molecule has 2 aromatic rings. The molecule has 0 bridgehead atoms. The number of urea groups is 1. The van der Waals surface area contributed by atoms with Crippen LogP contribution in [0.15, 0.2) is 60.7 Å². The van der Waals surface area contributed by atoms with Crippen LogP contribution >= 0.6 is 0 Å². The minimum absolute atomic E-state index is 0.0109. The van der Waals surface area contributed by atoms with Crippen LogP contribution in [0.25, 0.3) is 0 Å². The van der Waals surface area contributed by atoms with E-state index in [2.05, 4.69) is 10.6 Å². The summed E-state index contributed by atoms with van der Waals surface area (Å²) in [7, 11) is 0. The first-order chi connectivity index (χ1) is 13.2. The standard InChI is InChI=1S/C22H27N3O2/c26-21-17-20(18-11-5-3-6-12-18)25(16-10-2-1-9-15-23-21)22(27)24-19-13-7-4-8-14-19/h3-8,11-14,20H,1-2,9-10,15-17H2,(H,23,26)(H,24,27). The van der Waals surface area contributed by atoms with Crippen LogP contribution in [0.3, 0.4) is 0 Å². The zero-order valence-electron chi connectivity index (χ0n) is 15.6. The maximum atomic E-state index is 13.1. The number of benzene rings is 2. The average molecular weight is 365 g/mol. The number of para-hydroxylation sites is 1. The Hall–Kier alpha value is -2.82. The van der Waals surface area contributed by atoms with Crippen molar-refractivity contribution in [2.24, 2.45) is 0 Å². The van der Waals surface area contributed by atoms with Gasteiger partial charge in [-0.3, -0.25) is 4.79 Å². The van der Waals surface area contributed by atoms with Crippen LogP contribution in [0.1, 0.15) is 43.7 Å². The first kappa shape index (κ1) is 19.0. The van der Waals surface area contributed by atoms with Crippen molar-refractivity contribution in [2.75, 3.05) is 18.4 Å². The number of hydrogen-bond acceptors (Lipinski definition) is 2. The quantitative estimate of drug-likeness (QED) is 0.831. The Morgan fingerprint density at radius 3 is 2.33 bits per heavy atom. The Balaban J connectivity index is 1.86. The fourth-order valence-electron chi connectivity index (χ4n) is 3.44. The minimum Gasteiger partial charge on any atom is -0.356 e. The molecule has 1 fully saturated rings. The first-order valence-electron chi connectivity index (χ1n) is 9.68. The Bertz CT molecular complexity index is 734. The zero-order chi connectivity index (χ0) is 18.9. The van der Waals surface area contributed by atoms with E-state index in [1.54, 1.807) is 0 Å². The molecule has 142 valence electrons. The molecule has 1 saturated heterocycles. The molecule has 1 aliphatic rings. The fraction of sp³-hybridized carbons (Fsp3) is 0.364. The van der Waals surface area contributed by atoms with E-state index < -0.39 is 0 Å². The van der Waals surface area contributed by atoms with E-state index in [0.29, 0.717) is 13.1 Å². The molecule has 5 nitrogen and oxygen atoms in total. The van der Waals surface area contributed by atoms with Gasteiger partial charge in [0.1, 0.15) is 0 Å². The van der Waals surface area contributed by atoms with Crippen LogP contribution in [-0.4, -0.2) is 29.9 Å². The largest absolute Gasteiger partial charge is 0.356 e. The van der Waals surface area contributed by atoms with Gasteiger partial charge in [0, 0.05) is 18.8 Å². The molecule has 3 amide bonds. The van der Waals surface area contributed by atoms with Gasteiger partial charge in [0.2, 0.25) is 5.91 Å². The lowest BCUT2D eigenvalue weighted by Gasteiger charge is -2.32. The van der Waals surface area contributed by atoms with Gasteiger partial charge in [0.15, 0.2) is 0 Å². The Morgan fingerprint density at radius 1 is 0.926 bits per heavy atom. The second-order valence-electron chi connectivity index (χ2n) is 6.88. The van der Waals surface area contributed by atoms with Crippen molar-refractivity contribution in [3.8, 4) is 0 Å². The summed E-state index contributed by atoms with van der Waals surface area (Å²) in [5.41, 5.74) is 1.74. The Morgan fingerprint density at radius 2 is 1.59 bits per heavy atom. The molecule has 2 N–H and O–H groups in total. The molecule has 1 aliphatic heterocycles. The number of hydrogen-bond donors (Lipinski definition) is 2. The van der Waals surface area contributed by atoms with Crippen LogP contribution in [-0.2, 0) is 4.79 Å². The highest BCUT2D eigenvalue weighted by molar-refractivity contribution is 5.90. The van der Waals surface area contributed by atoms with Gasteiger partial charge in [-0.25, -0.2) is 4.79 Å². The van der Waals surface area contributed by atoms with Crippen molar-refractivity contribution in [2.45, 2.75) is 38.1 Å². The van der Waals surface area contributed by atoms with E-state index in [1.807, 2.05) is 65.6 Å². The van der Waals surface area contributed by atoms with Gasteiger partial charge < -0.3 is 15.5 Å². The van der Waals surface area contributed by atoms with E-state index >= 15 is 0 Å². The van der Waals surface area contributed by atoms with Crippen molar-refractivity contribution in [3.63, 3.8) is 0 Å². The fourth-order valence-corrected chi connectivity index (χ4v) is 3.44. The van der Waals surface area contributed by atoms with Gasteiger partial charge in [0.05, 0.1) is 12.5 Å². The number of rotatable bonds is 2. The van der Waals surface area contributed by atoms with Gasteiger partial charge in [-0.15, -0.1) is 0 Å². The van der Waals surface area contributed by atoms with Gasteiger partial charge in [-0.1, -0.05) is 61.4 Å². The second-order valence-corrected chi connectivity index (χ2v) is 6.88.